The van der Waals surface area contributed by atoms with Gasteiger partial charge in [-0.3, -0.25) is 4.79 Å². The molecule has 1 aromatic carbocycles. The summed E-state index contributed by atoms with van der Waals surface area (Å²) in [7, 11) is 0. The van der Waals surface area contributed by atoms with Crippen molar-refractivity contribution in [3.63, 3.8) is 0 Å². The largest absolute Gasteiger partial charge is 0.508 e. The zero-order chi connectivity index (χ0) is 15.2. The number of phenols is 1. The van der Waals surface area contributed by atoms with Gasteiger partial charge in [0.25, 0.3) is 0 Å². The van der Waals surface area contributed by atoms with Crippen molar-refractivity contribution in [2.75, 3.05) is 6.61 Å². The van der Waals surface area contributed by atoms with E-state index in [0.717, 1.165) is 18.6 Å². The Kier molecular flexibility index (Phi) is 3.37. The Morgan fingerprint density at radius 2 is 2.00 bits per heavy atom. The van der Waals surface area contributed by atoms with Crippen LogP contribution in [0, 0.1) is 11.3 Å². The minimum atomic E-state index is 0.0901. The molecule has 2 N–H and O–H groups in total. The van der Waals surface area contributed by atoms with Gasteiger partial charge in [-0.2, -0.15) is 0 Å². The smallest absolute Gasteiger partial charge is 0.224 e. The Balaban J connectivity index is 1.43. The summed E-state index contributed by atoms with van der Waals surface area (Å²) in [6.07, 6.45) is 6.75. The van der Waals surface area contributed by atoms with Crippen LogP contribution in [0.4, 0.5) is 0 Å². The summed E-state index contributed by atoms with van der Waals surface area (Å²) in [5, 5.41) is 12.6. The zero-order valence-electron chi connectivity index (χ0n) is 12.8. The summed E-state index contributed by atoms with van der Waals surface area (Å²) < 4.78 is 5.95. The quantitative estimate of drug-likeness (QED) is 0.901. The fraction of sp³-hybridized carbons (Fsp3) is 0.611. The zero-order valence-corrected chi connectivity index (χ0v) is 12.8. The van der Waals surface area contributed by atoms with E-state index in [1.165, 1.54) is 25.7 Å². The number of hydrogen-bond donors (Lipinski definition) is 2. The first kappa shape index (κ1) is 14.1. The highest BCUT2D eigenvalue weighted by Crippen LogP contribution is 2.60. The number of hydrogen-bond acceptors (Lipinski definition) is 3. The molecule has 0 radical (unpaired) electrons. The normalized spacial score (nSPS) is 31.7. The lowest BCUT2D eigenvalue weighted by Gasteiger charge is -2.56. The van der Waals surface area contributed by atoms with Gasteiger partial charge in [0.05, 0.1) is 12.5 Å². The van der Waals surface area contributed by atoms with Crippen LogP contribution in [0.3, 0.4) is 0 Å². The monoisotopic (exact) mass is 301 g/mol. The lowest BCUT2D eigenvalue weighted by atomic mass is 9.54. The van der Waals surface area contributed by atoms with E-state index < -0.39 is 0 Å². The van der Waals surface area contributed by atoms with Crippen molar-refractivity contribution < 1.29 is 14.6 Å². The second-order valence-electron chi connectivity index (χ2n) is 7.07. The van der Waals surface area contributed by atoms with Gasteiger partial charge in [0.15, 0.2) is 0 Å². The molecule has 3 aliphatic rings. The fourth-order valence-electron chi connectivity index (χ4n) is 4.93. The van der Waals surface area contributed by atoms with Gasteiger partial charge in [-0.15, -0.1) is 0 Å². The SMILES string of the molecule is O=C(Cc1ccc(O)cc1)N[C@@H]1[C@@H]2CCO[C@H]2C12CCCC2. The summed E-state index contributed by atoms with van der Waals surface area (Å²) >= 11 is 0. The molecule has 22 heavy (non-hydrogen) atoms. The van der Waals surface area contributed by atoms with E-state index in [0.29, 0.717) is 24.5 Å². The number of amides is 1. The van der Waals surface area contributed by atoms with Crippen molar-refractivity contribution in [1.82, 2.24) is 5.32 Å². The van der Waals surface area contributed by atoms with Crippen LogP contribution < -0.4 is 5.32 Å². The number of nitrogens with one attached hydrogen (secondary N) is 1. The minimum absolute atomic E-state index is 0.0901. The van der Waals surface area contributed by atoms with Crippen LogP contribution in [0.25, 0.3) is 0 Å². The van der Waals surface area contributed by atoms with E-state index in [-0.39, 0.29) is 17.1 Å². The van der Waals surface area contributed by atoms with Crippen molar-refractivity contribution in [2.24, 2.45) is 11.3 Å². The number of carbonyl (C=O) groups excluding carboxylic acids is 1. The number of carbonyl (C=O) groups is 1. The highest BCUT2D eigenvalue weighted by Gasteiger charge is 2.65. The number of fused-ring (bicyclic) bond motifs is 2. The predicted molar refractivity (Wildman–Crippen MR) is 82.5 cm³/mol. The maximum absolute atomic E-state index is 12.4. The van der Waals surface area contributed by atoms with E-state index in [9.17, 15) is 9.90 Å². The van der Waals surface area contributed by atoms with Gasteiger partial charge in [-0.05, 0) is 37.0 Å². The van der Waals surface area contributed by atoms with Crippen molar-refractivity contribution in [2.45, 2.75) is 50.7 Å². The van der Waals surface area contributed by atoms with E-state index >= 15 is 0 Å². The van der Waals surface area contributed by atoms with Gasteiger partial charge in [0, 0.05) is 24.0 Å². The van der Waals surface area contributed by atoms with Gasteiger partial charge in [-0.1, -0.05) is 25.0 Å². The summed E-state index contributed by atoms with van der Waals surface area (Å²) in [4.78, 5) is 12.4. The van der Waals surface area contributed by atoms with E-state index in [1.807, 2.05) is 12.1 Å². The van der Waals surface area contributed by atoms with Gasteiger partial charge in [-0.25, -0.2) is 0 Å². The second-order valence-corrected chi connectivity index (χ2v) is 7.07. The summed E-state index contributed by atoms with van der Waals surface area (Å²) in [5.74, 6) is 0.841. The lowest BCUT2D eigenvalue weighted by molar-refractivity contribution is -0.145. The van der Waals surface area contributed by atoms with Crippen LogP contribution in [0.5, 0.6) is 5.75 Å². The van der Waals surface area contributed by atoms with E-state index in [4.69, 9.17) is 4.74 Å². The van der Waals surface area contributed by atoms with Crippen LogP contribution in [-0.2, 0) is 16.0 Å². The van der Waals surface area contributed by atoms with Crippen LogP contribution >= 0.6 is 0 Å². The van der Waals surface area contributed by atoms with Gasteiger partial charge < -0.3 is 15.2 Å². The fourth-order valence-corrected chi connectivity index (χ4v) is 4.93. The summed E-state index contributed by atoms with van der Waals surface area (Å²) in [6, 6.07) is 7.17. The second kappa shape index (κ2) is 5.27. The molecule has 0 aromatic heterocycles. The highest BCUT2D eigenvalue weighted by molar-refractivity contribution is 5.79. The molecule has 2 aliphatic carbocycles. The standard InChI is InChI=1S/C18H23NO3/c20-13-5-3-12(4-6-13)11-15(21)19-16-14-7-10-22-17(14)18(16)8-1-2-9-18/h3-6,14,16-17,20H,1-2,7-11H2,(H,19,21)/t14-,16+,17+/m0/s1. The molecule has 0 bridgehead atoms. The van der Waals surface area contributed by atoms with Crippen molar-refractivity contribution in [1.29, 1.82) is 0 Å². The van der Waals surface area contributed by atoms with E-state index in [1.54, 1.807) is 12.1 Å². The van der Waals surface area contributed by atoms with Crippen LogP contribution in [0.1, 0.15) is 37.7 Å². The lowest BCUT2D eigenvalue weighted by Crippen LogP contribution is -2.68. The Morgan fingerprint density at radius 1 is 1.27 bits per heavy atom. The third kappa shape index (κ3) is 2.12. The first-order valence-corrected chi connectivity index (χ1v) is 8.38. The maximum Gasteiger partial charge on any atom is 0.224 e. The van der Waals surface area contributed by atoms with Crippen molar-refractivity contribution >= 4 is 5.91 Å². The van der Waals surface area contributed by atoms with Crippen LogP contribution in [0.2, 0.25) is 0 Å². The number of aromatic hydroxyl groups is 1. The molecule has 1 spiro atoms. The molecule has 118 valence electrons. The topological polar surface area (TPSA) is 58.6 Å². The molecule has 3 atom stereocenters. The number of ether oxygens (including phenoxy) is 1. The summed E-state index contributed by atoms with van der Waals surface area (Å²) in [6.45, 7) is 0.849. The molecular formula is C18H23NO3. The Hall–Kier alpha value is -1.55. The average Bonchev–Trinajstić information content (AvgIpc) is 3.15. The van der Waals surface area contributed by atoms with E-state index in [2.05, 4.69) is 5.32 Å². The Morgan fingerprint density at radius 3 is 2.73 bits per heavy atom. The van der Waals surface area contributed by atoms with Crippen LogP contribution in [0.15, 0.2) is 24.3 Å². The summed E-state index contributed by atoms with van der Waals surface area (Å²) in [5.41, 5.74) is 1.15. The van der Waals surface area contributed by atoms with Crippen LogP contribution in [-0.4, -0.2) is 29.8 Å². The molecule has 0 unspecified atom stereocenters. The average molecular weight is 301 g/mol. The maximum atomic E-state index is 12.4. The number of phenolic OH excluding ortho intramolecular Hbond substituents is 1. The third-order valence-electron chi connectivity index (χ3n) is 5.90. The Bertz CT molecular complexity index is 562. The predicted octanol–water partition coefficient (Wildman–Crippen LogP) is 2.40. The number of rotatable bonds is 3. The molecule has 2 saturated carbocycles. The van der Waals surface area contributed by atoms with Gasteiger partial charge in [0.1, 0.15) is 5.75 Å². The van der Waals surface area contributed by atoms with Crippen molar-refractivity contribution in [3.8, 4) is 5.75 Å². The number of benzene rings is 1. The molecule has 3 fully saturated rings. The first-order chi connectivity index (χ1) is 10.7. The van der Waals surface area contributed by atoms with Gasteiger partial charge >= 0.3 is 0 Å². The molecule has 4 nitrogen and oxygen atoms in total. The highest BCUT2D eigenvalue weighted by atomic mass is 16.5. The minimum Gasteiger partial charge on any atom is -0.508 e. The third-order valence-corrected chi connectivity index (χ3v) is 5.90. The molecular weight excluding hydrogens is 278 g/mol. The molecule has 1 amide bonds. The first-order valence-electron chi connectivity index (χ1n) is 8.38. The van der Waals surface area contributed by atoms with Crippen molar-refractivity contribution in [3.05, 3.63) is 29.8 Å². The molecule has 1 heterocycles. The Labute approximate surface area is 130 Å². The molecule has 1 aromatic rings. The molecule has 4 rings (SSSR count). The molecule has 1 saturated heterocycles. The van der Waals surface area contributed by atoms with Gasteiger partial charge in [0.2, 0.25) is 5.91 Å². The molecule has 1 aliphatic heterocycles. The molecule has 4 heteroatoms.